The van der Waals surface area contributed by atoms with Gasteiger partial charge in [0, 0.05) is 0 Å². The highest BCUT2D eigenvalue weighted by Gasteiger charge is 2.29. The van der Waals surface area contributed by atoms with E-state index < -0.39 is 0 Å². The largest absolute Gasteiger partial charge is 0.508 e. The highest BCUT2D eigenvalue weighted by molar-refractivity contribution is 5.41. The molecule has 0 saturated heterocycles. The Kier molecular flexibility index (Phi) is 6.74. The van der Waals surface area contributed by atoms with Crippen molar-refractivity contribution in [2.24, 2.45) is 5.92 Å². The van der Waals surface area contributed by atoms with Gasteiger partial charge in [0.1, 0.15) is 5.75 Å². The third-order valence-electron chi connectivity index (χ3n) is 5.82. The minimum Gasteiger partial charge on any atom is -0.508 e. The Balaban J connectivity index is 2.08. The summed E-state index contributed by atoms with van der Waals surface area (Å²) in [6, 6.07) is 6.27. The van der Waals surface area contributed by atoms with Crippen LogP contribution in [0.3, 0.4) is 0 Å². The van der Waals surface area contributed by atoms with Gasteiger partial charge in [0.15, 0.2) is 0 Å². The molecule has 1 fully saturated rings. The number of aromatic hydroxyl groups is 1. The number of phenols is 1. The summed E-state index contributed by atoms with van der Waals surface area (Å²) < 4.78 is 0. The lowest BCUT2D eigenvalue weighted by molar-refractivity contribution is 0.0940. The Morgan fingerprint density at radius 1 is 1.08 bits per heavy atom. The van der Waals surface area contributed by atoms with E-state index in [0.29, 0.717) is 11.7 Å². The van der Waals surface area contributed by atoms with Crippen LogP contribution < -0.4 is 0 Å². The summed E-state index contributed by atoms with van der Waals surface area (Å²) in [5.74, 6) is 1.22. The molecule has 1 aromatic rings. The number of aliphatic hydroxyl groups excluding tert-OH is 1. The zero-order chi connectivity index (χ0) is 17.7. The van der Waals surface area contributed by atoms with Gasteiger partial charge in [-0.2, -0.15) is 0 Å². The molecule has 0 aliphatic heterocycles. The summed E-state index contributed by atoms with van der Waals surface area (Å²) in [5.41, 5.74) is 2.35. The molecule has 24 heavy (non-hydrogen) atoms. The van der Waals surface area contributed by atoms with Gasteiger partial charge in [-0.25, -0.2) is 0 Å². The molecular formula is C22H36O2. The lowest BCUT2D eigenvalue weighted by atomic mass is 9.75. The van der Waals surface area contributed by atoms with Crippen LogP contribution in [-0.2, 0) is 5.41 Å². The molecule has 136 valence electrons. The molecule has 0 bridgehead atoms. The first-order valence-corrected chi connectivity index (χ1v) is 9.85. The summed E-state index contributed by atoms with van der Waals surface area (Å²) in [6.45, 7) is 8.99. The molecule has 2 rings (SSSR count). The number of rotatable bonds is 7. The van der Waals surface area contributed by atoms with Crippen LogP contribution in [0.1, 0.15) is 96.1 Å². The van der Waals surface area contributed by atoms with Gasteiger partial charge in [-0.15, -0.1) is 0 Å². The van der Waals surface area contributed by atoms with Crippen molar-refractivity contribution in [1.82, 2.24) is 0 Å². The zero-order valence-corrected chi connectivity index (χ0v) is 16.0. The van der Waals surface area contributed by atoms with Crippen molar-refractivity contribution in [3.63, 3.8) is 0 Å². The van der Waals surface area contributed by atoms with E-state index in [4.69, 9.17) is 0 Å². The van der Waals surface area contributed by atoms with E-state index >= 15 is 0 Å². The first-order valence-electron chi connectivity index (χ1n) is 9.85. The van der Waals surface area contributed by atoms with Crippen molar-refractivity contribution in [3.8, 4) is 5.75 Å². The molecule has 0 amide bonds. The molecule has 2 N–H and O–H groups in total. The van der Waals surface area contributed by atoms with E-state index in [2.05, 4.69) is 39.8 Å². The maximum Gasteiger partial charge on any atom is 0.119 e. The van der Waals surface area contributed by atoms with E-state index in [1.807, 2.05) is 6.07 Å². The molecule has 0 aromatic heterocycles. The number of aliphatic hydroxyl groups is 1. The van der Waals surface area contributed by atoms with Gasteiger partial charge in [-0.3, -0.25) is 0 Å². The minimum absolute atomic E-state index is 0.100. The lowest BCUT2D eigenvalue weighted by Gasteiger charge is -2.32. The summed E-state index contributed by atoms with van der Waals surface area (Å²) >= 11 is 0. The van der Waals surface area contributed by atoms with Crippen molar-refractivity contribution < 1.29 is 10.2 Å². The summed E-state index contributed by atoms with van der Waals surface area (Å²) in [4.78, 5) is 0. The number of hydrogen-bond acceptors (Lipinski definition) is 2. The number of hydrogen-bond donors (Lipinski definition) is 2. The van der Waals surface area contributed by atoms with Gasteiger partial charge in [0.25, 0.3) is 0 Å². The van der Waals surface area contributed by atoms with Gasteiger partial charge in [-0.05, 0) is 60.1 Å². The van der Waals surface area contributed by atoms with Crippen LogP contribution in [0.5, 0.6) is 5.75 Å². The average molecular weight is 333 g/mol. The first kappa shape index (κ1) is 19.3. The van der Waals surface area contributed by atoms with E-state index in [1.165, 1.54) is 31.2 Å². The third-order valence-corrected chi connectivity index (χ3v) is 5.82. The second-order valence-corrected chi connectivity index (χ2v) is 8.63. The second kappa shape index (κ2) is 8.38. The molecule has 0 spiro atoms. The normalized spacial score (nSPS) is 25.0. The molecule has 2 heteroatoms. The zero-order valence-electron chi connectivity index (χ0n) is 16.0. The van der Waals surface area contributed by atoms with Crippen LogP contribution in [-0.4, -0.2) is 16.3 Å². The first-order chi connectivity index (χ1) is 11.3. The molecule has 1 aliphatic rings. The van der Waals surface area contributed by atoms with Gasteiger partial charge < -0.3 is 10.2 Å². The molecule has 0 unspecified atom stereocenters. The van der Waals surface area contributed by atoms with Crippen molar-refractivity contribution in [1.29, 1.82) is 0 Å². The smallest absolute Gasteiger partial charge is 0.119 e. The quantitative estimate of drug-likeness (QED) is 0.610. The van der Waals surface area contributed by atoms with Crippen molar-refractivity contribution in [2.75, 3.05) is 0 Å². The van der Waals surface area contributed by atoms with Crippen LogP contribution in [0.15, 0.2) is 18.2 Å². The van der Waals surface area contributed by atoms with Crippen LogP contribution in [0.2, 0.25) is 0 Å². The highest BCUT2D eigenvalue weighted by Crippen LogP contribution is 2.41. The van der Waals surface area contributed by atoms with Gasteiger partial charge in [-0.1, -0.05) is 65.5 Å². The summed E-state index contributed by atoms with van der Waals surface area (Å²) in [7, 11) is 0. The fraction of sp³-hybridized carbons (Fsp3) is 0.727. The topological polar surface area (TPSA) is 40.5 Å². The van der Waals surface area contributed by atoms with Gasteiger partial charge in [0.2, 0.25) is 0 Å². The van der Waals surface area contributed by atoms with E-state index in [-0.39, 0.29) is 17.4 Å². The van der Waals surface area contributed by atoms with Crippen LogP contribution >= 0.6 is 0 Å². The van der Waals surface area contributed by atoms with Crippen LogP contribution in [0.25, 0.3) is 0 Å². The standard InChI is InChI=1S/C22H36O2/c1-5-6-7-8-11-22(3,4)18-9-10-20(21(24)15-18)17-12-16(2)13-19(23)14-17/h9-10,15-17,19,23-24H,5-8,11-14H2,1-4H3/t16-,17-,19+/m0/s1. The van der Waals surface area contributed by atoms with E-state index in [1.54, 1.807) is 0 Å². The number of benzene rings is 1. The fourth-order valence-corrected chi connectivity index (χ4v) is 4.27. The Bertz CT molecular complexity index is 511. The average Bonchev–Trinajstić information content (AvgIpc) is 2.50. The Hall–Kier alpha value is -1.02. The molecule has 1 saturated carbocycles. The predicted molar refractivity (Wildman–Crippen MR) is 102 cm³/mol. The van der Waals surface area contributed by atoms with Crippen molar-refractivity contribution >= 4 is 0 Å². The van der Waals surface area contributed by atoms with Crippen LogP contribution in [0.4, 0.5) is 0 Å². The highest BCUT2D eigenvalue weighted by atomic mass is 16.3. The molecular weight excluding hydrogens is 296 g/mol. The Labute approximate surface area is 148 Å². The molecule has 1 aromatic carbocycles. The molecule has 1 aliphatic carbocycles. The Morgan fingerprint density at radius 2 is 1.83 bits per heavy atom. The van der Waals surface area contributed by atoms with E-state index in [0.717, 1.165) is 31.2 Å². The maximum atomic E-state index is 10.6. The molecule has 3 atom stereocenters. The Morgan fingerprint density at radius 3 is 2.46 bits per heavy atom. The lowest BCUT2D eigenvalue weighted by Crippen LogP contribution is -2.24. The third kappa shape index (κ3) is 4.99. The molecule has 2 nitrogen and oxygen atoms in total. The number of phenolic OH excluding ortho intramolecular Hbond substituents is 1. The molecule has 0 heterocycles. The van der Waals surface area contributed by atoms with E-state index in [9.17, 15) is 10.2 Å². The number of unbranched alkanes of at least 4 members (excludes halogenated alkanes) is 3. The molecule has 0 radical (unpaired) electrons. The predicted octanol–water partition coefficient (Wildman–Crippen LogP) is 5.90. The fourth-order valence-electron chi connectivity index (χ4n) is 4.27. The SMILES string of the molecule is CCCCCCC(C)(C)c1ccc([C@H]2C[C@H](C)C[C@@H](O)C2)c(O)c1. The van der Waals surface area contributed by atoms with Gasteiger partial charge >= 0.3 is 0 Å². The second-order valence-electron chi connectivity index (χ2n) is 8.63. The van der Waals surface area contributed by atoms with Crippen molar-refractivity contribution in [2.45, 2.75) is 96.5 Å². The minimum atomic E-state index is -0.229. The monoisotopic (exact) mass is 332 g/mol. The van der Waals surface area contributed by atoms with Crippen LogP contribution in [0, 0.1) is 5.92 Å². The van der Waals surface area contributed by atoms with Crippen molar-refractivity contribution in [3.05, 3.63) is 29.3 Å². The summed E-state index contributed by atoms with van der Waals surface area (Å²) in [6.07, 6.45) is 8.77. The summed E-state index contributed by atoms with van der Waals surface area (Å²) in [5, 5.41) is 20.7. The van der Waals surface area contributed by atoms with Gasteiger partial charge in [0.05, 0.1) is 6.10 Å². The maximum absolute atomic E-state index is 10.6.